The molecule has 0 saturated carbocycles. The molecule has 1 heterocycles. The Balaban J connectivity index is 3.33. The number of aromatic nitrogens is 1. The normalized spacial score (nSPS) is 10.3. The Morgan fingerprint density at radius 1 is 1.57 bits per heavy atom. The summed E-state index contributed by atoms with van der Waals surface area (Å²) in [6.07, 6.45) is -2.63. The largest absolute Gasteiger partial charge is 0.280 e. The van der Waals surface area contributed by atoms with Gasteiger partial charge in [-0.1, -0.05) is 15.9 Å². The number of halogens is 4. The average molecular weight is 326 g/mol. The van der Waals surface area contributed by atoms with Crippen LogP contribution in [0.2, 0.25) is 0 Å². The Kier molecular flexibility index (Phi) is 3.96. The number of nitriles is 1. The number of hydrogen-bond acceptors (Lipinski definition) is 2. The molecule has 0 unspecified atom stereocenters. The molecule has 0 aromatic carbocycles. The van der Waals surface area contributed by atoms with Crippen molar-refractivity contribution in [1.82, 2.24) is 4.98 Å². The molecule has 0 spiro atoms. The van der Waals surface area contributed by atoms with Crippen LogP contribution in [0.5, 0.6) is 0 Å². The van der Waals surface area contributed by atoms with Gasteiger partial charge >= 0.3 is 0 Å². The van der Waals surface area contributed by atoms with Crippen molar-refractivity contribution in [3.8, 4) is 6.07 Å². The highest BCUT2D eigenvalue weighted by molar-refractivity contribution is 9.10. The Morgan fingerprint density at radius 3 is 2.64 bits per heavy atom. The fourth-order valence-corrected chi connectivity index (χ4v) is 1.91. The minimum absolute atomic E-state index is 0.159. The SMILES string of the molecule is N#Cc1c(CBr)cc(C(F)F)nc1Br. The maximum Gasteiger partial charge on any atom is 0.280 e. The van der Waals surface area contributed by atoms with Crippen LogP contribution in [-0.2, 0) is 5.33 Å². The fraction of sp³-hybridized carbons (Fsp3) is 0.250. The van der Waals surface area contributed by atoms with Crippen LogP contribution in [0.3, 0.4) is 0 Å². The Hall–Kier alpha value is -0.540. The van der Waals surface area contributed by atoms with E-state index in [2.05, 4.69) is 36.8 Å². The van der Waals surface area contributed by atoms with Crippen LogP contribution in [0.25, 0.3) is 0 Å². The third-order valence-corrected chi connectivity index (χ3v) is 2.73. The van der Waals surface area contributed by atoms with Gasteiger partial charge in [0, 0.05) is 5.33 Å². The van der Waals surface area contributed by atoms with Gasteiger partial charge in [0.15, 0.2) is 0 Å². The minimum Gasteiger partial charge on any atom is -0.239 e. The lowest BCUT2D eigenvalue weighted by molar-refractivity contribution is 0.146. The van der Waals surface area contributed by atoms with Gasteiger partial charge in [-0.15, -0.1) is 0 Å². The van der Waals surface area contributed by atoms with Crippen molar-refractivity contribution < 1.29 is 8.78 Å². The van der Waals surface area contributed by atoms with Gasteiger partial charge < -0.3 is 0 Å². The highest BCUT2D eigenvalue weighted by Gasteiger charge is 2.15. The van der Waals surface area contributed by atoms with Gasteiger partial charge in [0.2, 0.25) is 0 Å². The summed E-state index contributed by atoms with van der Waals surface area (Å²) in [6.45, 7) is 0. The molecule has 1 aromatic rings. The zero-order chi connectivity index (χ0) is 10.7. The summed E-state index contributed by atoms with van der Waals surface area (Å²) in [5.41, 5.74) is 0.460. The van der Waals surface area contributed by atoms with Crippen molar-refractivity contribution in [3.63, 3.8) is 0 Å². The number of nitrogens with zero attached hydrogens (tertiary/aromatic N) is 2. The van der Waals surface area contributed by atoms with E-state index in [1.807, 2.05) is 6.07 Å². The topological polar surface area (TPSA) is 36.7 Å². The second-order valence-corrected chi connectivity index (χ2v) is 3.73. The Bertz CT molecular complexity index is 388. The quantitative estimate of drug-likeness (QED) is 0.616. The molecule has 0 atom stereocenters. The van der Waals surface area contributed by atoms with Crippen LogP contribution in [-0.4, -0.2) is 4.98 Å². The minimum atomic E-state index is -2.63. The lowest BCUT2D eigenvalue weighted by Gasteiger charge is -2.05. The summed E-state index contributed by atoms with van der Waals surface area (Å²) in [5, 5.41) is 9.08. The van der Waals surface area contributed by atoms with Crippen LogP contribution < -0.4 is 0 Å². The monoisotopic (exact) mass is 324 g/mol. The van der Waals surface area contributed by atoms with Crippen molar-refractivity contribution >= 4 is 31.9 Å². The van der Waals surface area contributed by atoms with Gasteiger partial charge in [0.05, 0.1) is 5.56 Å². The van der Waals surface area contributed by atoms with E-state index < -0.39 is 6.43 Å². The van der Waals surface area contributed by atoms with E-state index in [0.29, 0.717) is 10.9 Å². The second-order valence-electron chi connectivity index (χ2n) is 2.42. The zero-order valence-electron chi connectivity index (χ0n) is 6.77. The molecule has 0 aliphatic rings. The molecule has 1 aromatic heterocycles. The van der Waals surface area contributed by atoms with E-state index >= 15 is 0 Å². The molecule has 0 fully saturated rings. The average Bonchev–Trinajstić information content (AvgIpc) is 2.16. The first-order valence-electron chi connectivity index (χ1n) is 3.53. The fourth-order valence-electron chi connectivity index (χ4n) is 0.920. The zero-order valence-corrected chi connectivity index (χ0v) is 9.94. The molecular formula is C8H4Br2F2N2. The molecule has 1 rings (SSSR count). The first-order valence-corrected chi connectivity index (χ1v) is 5.45. The molecule has 0 saturated heterocycles. The maximum atomic E-state index is 12.3. The lowest BCUT2D eigenvalue weighted by atomic mass is 10.1. The molecule has 0 radical (unpaired) electrons. The van der Waals surface area contributed by atoms with Crippen molar-refractivity contribution in [2.45, 2.75) is 11.8 Å². The molecular weight excluding hydrogens is 322 g/mol. The van der Waals surface area contributed by atoms with Crippen LogP contribution in [0, 0.1) is 11.3 Å². The molecule has 0 aliphatic heterocycles. The van der Waals surface area contributed by atoms with Gasteiger partial charge in [-0.3, -0.25) is 0 Å². The van der Waals surface area contributed by atoms with E-state index in [9.17, 15) is 8.78 Å². The van der Waals surface area contributed by atoms with E-state index in [0.717, 1.165) is 0 Å². The van der Waals surface area contributed by atoms with Gasteiger partial charge in [0.1, 0.15) is 16.4 Å². The second kappa shape index (κ2) is 4.80. The summed E-state index contributed by atoms with van der Waals surface area (Å²) in [5.74, 6) is 0. The summed E-state index contributed by atoms with van der Waals surface area (Å²) in [7, 11) is 0. The molecule has 0 N–H and O–H groups in total. The molecule has 6 heteroatoms. The third kappa shape index (κ3) is 2.28. The molecule has 14 heavy (non-hydrogen) atoms. The summed E-state index contributed by atoms with van der Waals surface area (Å²) in [4.78, 5) is 3.58. The van der Waals surface area contributed by atoms with E-state index in [1.54, 1.807) is 0 Å². The number of pyridine rings is 1. The predicted molar refractivity (Wildman–Crippen MR) is 54.2 cm³/mol. The molecule has 74 valence electrons. The van der Waals surface area contributed by atoms with Crippen LogP contribution >= 0.6 is 31.9 Å². The van der Waals surface area contributed by atoms with E-state index in [4.69, 9.17) is 5.26 Å². The van der Waals surface area contributed by atoms with Crippen LogP contribution in [0.15, 0.2) is 10.7 Å². The standard InChI is InChI=1S/C8H4Br2F2N2/c9-2-4-1-6(8(11)12)14-7(10)5(4)3-13/h1,8H,2H2. The van der Waals surface area contributed by atoms with Crippen molar-refractivity contribution in [2.75, 3.05) is 0 Å². The summed E-state index contributed by atoms with van der Waals surface area (Å²) < 4.78 is 24.8. The smallest absolute Gasteiger partial charge is 0.239 e. The Labute approximate surface area is 96.2 Å². The Morgan fingerprint density at radius 2 is 2.21 bits per heavy atom. The van der Waals surface area contributed by atoms with E-state index in [-0.39, 0.29) is 15.9 Å². The van der Waals surface area contributed by atoms with Crippen molar-refractivity contribution in [3.05, 3.63) is 27.5 Å². The third-order valence-electron chi connectivity index (χ3n) is 1.56. The molecule has 2 nitrogen and oxygen atoms in total. The van der Waals surface area contributed by atoms with Gasteiger partial charge in [0.25, 0.3) is 6.43 Å². The molecule has 0 amide bonds. The van der Waals surface area contributed by atoms with Gasteiger partial charge in [-0.05, 0) is 27.6 Å². The number of rotatable bonds is 2. The highest BCUT2D eigenvalue weighted by Crippen LogP contribution is 2.25. The maximum absolute atomic E-state index is 12.3. The highest BCUT2D eigenvalue weighted by atomic mass is 79.9. The van der Waals surface area contributed by atoms with Crippen molar-refractivity contribution in [2.24, 2.45) is 0 Å². The first kappa shape index (κ1) is 11.5. The van der Waals surface area contributed by atoms with Gasteiger partial charge in [-0.25, -0.2) is 13.8 Å². The summed E-state index contributed by atoms with van der Waals surface area (Å²) in [6, 6.07) is 3.12. The van der Waals surface area contributed by atoms with Crippen molar-refractivity contribution in [1.29, 1.82) is 5.26 Å². The number of hydrogen-bond donors (Lipinski definition) is 0. The molecule has 0 aliphatic carbocycles. The first-order chi connectivity index (χ1) is 6.60. The molecule has 0 bridgehead atoms. The predicted octanol–water partition coefficient (Wildman–Crippen LogP) is 3.55. The number of alkyl halides is 3. The van der Waals surface area contributed by atoms with Crippen LogP contribution in [0.1, 0.15) is 23.2 Å². The van der Waals surface area contributed by atoms with E-state index in [1.165, 1.54) is 6.07 Å². The lowest BCUT2D eigenvalue weighted by Crippen LogP contribution is -1.97. The van der Waals surface area contributed by atoms with Gasteiger partial charge in [-0.2, -0.15) is 5.26 Å². The van der Waals surface area contributed by atoms with Crippen LogP contribution in [0.4, 0.5) is 8.78 Å². The summed E-state index contributed by atoms with van der Waals surface area (Å²) >= 11 is 6.10.